The largest absolute Gasteiger partial charge is 0.481 e. The minimum Gasteiger partial charge on any atom is -0.481 e. The summed E-state index contributed by atoms with van der Waals surface area (Å²) in [5.74, 6) is -0.00174. The number of ether oxygens (including phenoxy) is 1. The van der Waals surface area contributed by atoms with Crippen LogP contribution in [-0.4, -0.2) is 24.6 Å². The number of carbonyl (C=O) groups is 2. The first-order valence-corrected chi connectivity index (χ1v) is 7.04. The number of benzene rings is 1. The van der Waals surface area contributed by atoms with Gasteiger partial charge in [0.1, 0.15) is 5.75 Å². The van der Waals surface area contributed by atoms with Gasteiger partial charge in [-0.15, -0.1) is 0 Å². The summed E-state index contributed by atoms with van der Waals surface area (Å²) in [6.07, 6.45) is 0.289. The van der Waals surface area contributed by atoms with Crippen molar-refractivity contribution in [3.8, 4) is 5.75 Å². The second kappa shape index (κ2) is 8.26. The first-order valence-electron chi connectivity index (χ1n) is 7.04. The molecule has 0 heterocycles. The highest BCUT2D eigenvalue weighted by Crippen LogP contribution is 2.18. The molecular weight excluding hydrogens is 270 g/mol. The predicted molar refractivity (Wildman–Crippen MR) is 81.0 cm³/mol. The summed E-state index contributed by atoms with van der Waals surface area (Å²) in [5.41, 5.74) is 6.03. The molecule has 0 radical (unpaired) electrons. The summed E-state index contributed by atoms with van der Waals surface area (Å²) < 4.78 is 5.45. The topological polar surface area (TPSA) is 93.4 Å². The van der Waals surface area contributed by atoms with E-state index >= 15 is 0 Å². The van der Waals surface area contributed by atoms with Gasteiger partial charge < -0.3 is 15.8 Å². The molecule has 0 aliphatic carbocycles. The van der Waals surface area contributed by atoms with E-state index in [1.165, 1.54) is 0 Å². The van der Waals surface area contributed by atoms with Crippen LogP contribution in [0.2, 0.25) is 0 Å². The molecular formula is C15H23N3O3. The summed E-state index contributed by atoms with van der Waals surface area (Å²) in [4.78, 5) is 22.1. The Hall–Kier alpha value is -2.08. The van der Waals surface area contributed by atoms with Crippen molar-refractivity contribution >= 4 is 11.9 Å². The Morgan fingerprint density at radius 3 is 2.38 bits per heavy atom. The quantitative estimate of drug-likeness (QED) is 0.713. The Morgan fingerprint density at radius 1 is 1.24 bits per heavy atom. The minimum atomic E-state index is -0.887. The zero-order valence-electron chi connectivity index (χ0n) is 12.7. The normalized spacial score (nSPS) is 13.3. The number of nitrogens with two attached hydrogens (primary N) is 1. The van der Waals surface area contributed by atoms with Gasteiger partial charge in [-0.05, 0) is 44.5 Å². The van der Waals surface area contributed by atoms with Gasteiger partial charge in [-0.3, -0.25) is 10.1 Å². The second-order valence-electron chi connectivity index (χ2n) is 4.86. The lowest BCUT2D eigenvalue weighted by molar-refractivity contribution is -0.126. The number of primary amides is 1. The average molecular weight is 293 g/mol. The van der Waals surface area contributed by atoms with Crippen molar-refractivity contribution in [2.75, 3.05) is 6.54 Å². The van der Waals surface area contributed by atoms with Crippen LogP contribution in [0, 0.1) is 0 Å². The maximum Gasteiger partial charge on any atom is 0.318 e. The molecule has 1 rings (SSSR count). The highest BCUT2D eigenvalue weighted by Gasteiger charge is 2.16. The molecule has 0 spiro atoms. The molecule has 2 atom stereocenters. The van der Waals surface area contributed by atoms with E-state index < -0.39 is 18.0 Å². The summed E-state index contributed by atoms with van der Waals surface area (Å²) >= 11 is 0. The van der Waals surface area contributed by atoms with E-state index in [-0.39, 0.29) is 6.04 Å². The van der Waals surface area contributed by atoms with Crippen LogP contribution in [0.4, 0.5) is 4.79 Å². The van der Waals surface area contributed by atoms with Gasteiger partial charge >= 0.3 is 6.03 Å². The molecule has 3 amide bonds. The molecule has 6 nitrogen and oxygen atoms in total. The number of rotatable bonds is 7. The summed E-state index contributed by atoms with van der Waals surface area (Å²) in [5, 5.41) is 5.37. The Morgan fingerprint density at radius 2 is 1.86 bits per heavy atom. The minimum absolute atomic E-state index is 0.259. The molecule has 0 saturated heterocycles. The third kappa shape index (κ3) is 5.83. The predicted octanol–water partition coefficient (Wildman–Crippen LogP) is 1.71. The van der Waals surface area contributed by atoms with Gasteiger partial charge in [-0.2, -0.15) is 0 Å². The number of urea groups is 1. The zero-order valence-corrected chi connectivity index (χ0v) is 12.7. The first kappa shape index (κ1) is 17.0. The van der Waals surface area contributed by atoms with Gasteiger partial charge in [0.05, 0.1) is 0 Å². The maximum absolute atomic E-state index is 11.5. The van der Waals surface area contributed by atoms with Crippen LogP contribution < -0.4 is 21.1 Å². The van der Waals surface area contributed by atoms with Crippen molar-refractivity contribution in [2.24, 2.45) is 5.73 Å². The van der Waals surface area contributed by atoms with Gasteiger partial charge in [0.25, 0.3) is 5.91 Å². The van der Waals surface area contributed by atoms with E-state index in [1.54, 1.807) is 19.1 Å². The van der Waals surface area contributed by atoms with Crippen LogP contribution in [0.15, 0.2) is 24.3 Å². The lowest BCUT2D eigenvalue weighted by atomic mass is 10.1. The number of amides is 3. The number of hydrogen-bond acceptors (Lipinski definition) is 4. The van der Waals surface area contributed by atoms with Gasteiger partial charge in [0.2, 0.25) is 0 Å². The van der Waals surface area contributed by atoms with Crippen molar-refractivity contribution in [1.82, 2.24) is 10.6 Å². The molecule has 4 N–H and O–H groups in total. The molecule has 0 saturated carbocycles. The molecule has 6 heteroatoms. The summed E-state index contributed by atoms with van der Waals surface area (Å²) in [6.45, 7) is 6.73. The molecule has 1 aromatic carbocycles. The van der Waals surface area contributed by atoms with Crippen LogP contribution in [0.3, 0.4) is 0 Å². The molecule has 0 aliphatic rings. The van der Waals surface area contributed by atoms with Crippen LogP contribution in [0.5, 0.6) is 5.75 Å². The van der Waals surface area contributed by atoms with Crippen LogP contribution >= 0.6 is 0 Å². The van der Waals surface area contributed by atoms with Crippen molar-refractivity contribution in [2.45, 2.75) is 39.3 Å². The first-order chi connectivity index (χ1) is 9.93. The van der Waals surface area contributed by atoms with E-state index in [9.17, 15) is 9.59 Å². The molecule has 21 heavy (non-hydrogen) atoms. The highest BCUT2D eigenvalue weighted by molar-refractivity contribution is 5.95. The van der Waals surface area contributed by atoms with Gasteiger partial charge in [-0.25, -0.2) is 4.79 Å². The van der Waals surface area contributed by atoms with E-state index in [0.29, 0.717) is 5.75 Å². The Bertz CT molecular complexity index is 474. The summed E-state index contributed by atoms with van der Waals surface area (Å²) in [6, 6.07) is 6.86. The second-order valence-corrected chi connectivity index (χ2v) is 4.86. The van der Waals surface area contributed by atoms with E-state index in [1.807, 2.05) is 17.4 Å². The smallest absolute Gasteiger partial charge is 0.318 e. The van der Waals surface area contributed by atoms with Crippen LogP contribution in [0.1, 0.15) is 38.8 Å². The van der Waals surface area contributed by atoms with E-state index in [0.717, 1.165) is 18.5 Å². The lowest BCUT2D eigenvalue weighted by Crippen LogP contribution is -2.42. The third-order valence-electron chi connectivity index (χ3n) is 3.01. The van der Waals surface area contributed by atoms with Gasteiger partial charge in [0.15, 0.2) is 6.10 Å². The number of hydrogen-bond donors (Lipinski definition) is 3. The Labute approximate surface area is 125 Å². The van der Waals surface area contributed by atoms with Crippen LogP contribution in [-0.2, 0) is 4.79 Å². The standard InChI is InChI=1S/C15H23N3O3/c1-4-9-17-10(2)12-5-7-13(8-6-12)21-11(3)14(19)18-15(16)20/h5-8,10-11,17H,4,9H2,1-3H3,(H3,16,18,19,20). The molecule has 116 valence electrons. The monoisotopic (exact) mass is 293 g/mol. The van der Waals surface area contributed by atoms with E-state index in [4.69, 9.17) is 10.5 Å². The van der Waals surface area contributed by atoms with Gasteiger partial charge in [0, 0.05) is 6.04 Å². The molecule has 0 fully saturated rings. The van der Waals surface area contributed by atoms with Crippen molar-refractivity contribution < 1.29 is 14.3 Å². The average Bonchev–Trinajstić information content (AvgIpc) is 2.44. The van der Waals surface area contributed by atoms with Crippen molar-refractivity contribution in [1.29, 1.82) is 0 Å². The molecule has 1 aromatic rings. The highest BCUT2D eigenvalue weighted by atomic mass is 16.5. The molecule has 0 bridgehead atoms. The molecule has 0 aromatic heterocycles. The third-order valence-corrected chi connectivity index (χ3v) is 3.01. The Balaban J connectivity index is 2.58. The number of carbonyl (C=O) groups excluding carboxylic acids is 2. The number of nitrogens with one attached hydrogen (secondary N) is 2. The maximum atomic E-state index is 11.5. The Kier molecular flexibility index (Phi) is 6.68. The van der Waals surface area contributed by atoms with Crippen molar-refractivity contribution in [3.05, 3.63) is 29.8 Å². The molecule has 2 unspecified atom stereocenters. The van der Waals surface area contributed by atoms with E-state index in [2.05, 4.69) is 19.2 Å². The fraction of sp³-hybridized carbons (Fsp3) is 0.467. The SMILES string of the molecule is CCCNC(C)c1ccc(OC(C)C(=O)NC(N)=O)cc1. The summed E-state index contributed by atoms with van der Waals surface area (Å²) in [7, 11) is 0. The zero-order chi connectivity index (χ0) is 15.8. The molecule has 0 aliphatic heterocycles. The van der Waals surface area contributed by atoms with Crippen molar-refractivity contribution in [3.63, 3.8) is 0 Å². The van der Waals surface area contributed by atoms with Crippen LogP contribution in [0.25, 0.3) is 0 Å². The fourth-order valence-electron chi connectivity index (χ4n) is 1.79. The number of imide groups is 1. The fourth-order valence-corrected chi connectivity index (χ4v) is 1.79. The lowest BCUT2D eigenvalue weighted by Gasteiger charge is -2.16. The van der Waals surface area contributed by atoms with Gasteiger partial charge in [-0.1, -0.05) is 19.1 Å².